The van der Waals surface area contributed by atoms with Gasteiger partial charge in [0, 0.05) is 33.0 Å². The van der Waals surface area contributed by atoms with E-state index in [-0.39, 0.29) is 5.41 Å². The minimum Gasteiger partial charge on any atom is -0.456 e. The molecule has 1 heterocycles. The first-order chi connectivity index (χ1) is 33.6. The first-order valence-corrected chi connectivity index (χ1v) is 24.4. The highest BCUT2D eigenvalue weighted by atomic mass is 16.3. The van der Waals surface area contributed by atoms with Gasteiger partial charge in [0.25, 0.3) is 0 Å². The Labute approximate surface area is 398 Å². The molecule has 1 atom stereocenters. The van der Waals surface area contributed by atoms with Crippen molar-refractivity contribution in [2.45, 2.75) is 50.4 Å². The minimum absolute atomic E-state index is 0.267. The molecule has 0 aliphatic heterocycles. The van der Waals surface area contributed by atoms with Gasteiger partial charge in [0.1, 0.15) is 11.2 Å². The third kappa shape index (κ3) is 6.54. The molecule has 1 unspecified atom stereocenters. The van der Waals surface area contributed by atoms with Crippen molar-refractivity contribution >= 4 is 49.8 Å². The highest BCUT2D eigenvalue weighted by Gasteiger charge is 2.40. The third-order valence-corrected chi connectivity index (χ3v) is 15.4. The number of fused-ring (bicyclic) bond motifs is 7. The lowest BCUT2D eigenvalue weighted by Gasteiger charge is -2.31. The van der Waals surface area contributed by atoms with Gasteiger partial charge in [-0.05, 0) is 141 Å². The van der Waals surface area contributed by atoms with E-state index in [9.17, 15) is 0 Å². The van der Waals surface area contributed by atoms with Crippen molar-refractivity contribution in [3.05, 3.63) is 247 Å². The van der Waals surface area contributed by atoms with Crippen LogP contribution in [0, 0.1) is 0 Å². The van der Waals surface area contributed by atoms with E-state index in [1.807, 2.05) is 6.07 Å². The zero-order chi connectivity index (χ0) is 45.2. The fraction of sp³-hybridized carbons (Fsp3) is 0.121. The maximum atomic E-state index is 6.49. The minimum atomic E-state index is -0.267. The second-order valence-electron chi connectivity index (χ2n) is 19.1. The van der Waals surface area contributed by atoms with Gasteiger partial charge in [-0.2, -0.15) is 0 Å². The Balaban J connectivity index is 0.982. The predicted octanol–water partition coefficient (Wildman–Crippen LogP) is 18.6. The highest BCUT2D eigenvalue weighted by Crippen LogP contribution is 2.54. The molecule has 1 saturated carbocycles. The van der Waals surface area contributed by atoms with Crippen molar-refractivity contribution in [3.63, 3.8) is 0 Å². The van der Waals surface area contributed by atoms with Crippen LogP contribution in [-0.2, 0) is 5.41 Å². The molecular weight excluding hydrogens is 823 g/mol. The Hall–Kier alpha value is -7.94. The van der Waals surface area contributed by atoms with Crippen LogP contribution in [0.15, 0.2) is 229 Å². The zero-order valence-corrected chi connectivity index (χ0v) is 38.3. The van der Waals surface area contributed by atoms with Gasteiger partial charge >= 0.3 is 0 Å². The number of benzene rings is 10. The number of anilines is 3. The van der Waals surface area contributed by atoms with Crippen LogP contribution in [0.1, 0.15) is 67.2 Å². The number of furan rings is 1. The van der Waals surface area contributed by atoms with Crippen LogP contribution in [0.3, 0.4) is 0 Å². The SMILES string of the molecule is CC1(c2ccccc2)c2ccccc2-c2ccc(-c3ccc(N(c4ccccc4-c4ccc5c(c4)oc4ccccc45)c4ccccc4-c4cccc5cccc(C6CCCCC6)c45)cc3)cc21. The lowest BCUT2D eigenvalue weighted by molar-refractivity contribution is 0.445. The molecule has 0 bridgehead atoms. The van der Waals surface area contributed by atoms with Gasteiger partial charge in [0.15, 0.2) is 0 Å². The Bertz CT molecular complexity index is 3680. The third-order valence-electron chi connectivity index (χ3n) is 15.4. The fourth-order valence-electron chi connectivity index (χ4n) is 12.0. The van der Waals surface area contributed by atoms with E-state index in [1.54, 1.807) is 0 Å². The maximum absolute atomic E-state index is 6.49. The van der Waals surface area contributed by atoms with Gasteiger partial charge in [-0.3, -0.25) is 0 Å². The zero-order valence-electron chi connectivity index (χ0n) is 38.3. The summed E-state index contributed by atoms with van der Waals surface area (Å²) >= 11 is 0. The molecule has 0 amide bonds. The number of hydrogen-bond donors (Lipinski definition) is 0. The monoisotopic (exact) mass is 873 g/mol. The highest BCUT2D eigenvalue weighted by molar-refractivity contribution is 6.07. The largest absolute Gasteiger partial charge is 0.456 e. The maximum Gasteiger partial charge on any atom is 0.136 e. The molecule has 10 aromatic carbocycles. The normalized spacial score (nSPS) is 15.7. The van der Waals surface area contributed by atoms with Crippen LogP contribution in [0.4, 0.5) is 17.1 Å². The topological polar surface area (TPSA) is 16.4 Å². The van der Waals surface area contributed by atoms with Crippen molar-refractivity contribution in [2.24, 2.45) is 0 Å². The van der Waals surface area contributed by atoms with E-state index < -0.39 is 0 Å². The van der Waals surface area contributed by atoms with E-state index in [4.69, 9.17) is 4.42 Å². The molecule has 2 heteroatoms. The molecule has 68 heavy (non-hydrogen) atoms. The summed E-state index contributed by atoms with van der Waals surface area (Å²) in [5.41, 5.74) is 20.1. The summed E-state index contributed by atoms with van der Waals surface area (Å²) in [6, 6.07) is 83.1. The molecule has 11 aromatic rings. The van der Waals surface area contributed by atoms with Gasteiger partial charge < -0.3 is 9.32 Å². The Morgan fingerprint density at radius 1 is 0.426 bits per heavy atom. The fourth-order valence-corrected chi connectivity index (χ4v) is 12.0. The molecule has 0 saturated heterocycles. The summed E-state index contributed by atoms with van der Waals surface area (Å²) in [6.45, 7) is 2.40. The Kier molecular flexibility index (Phi) is 9.75. The van der Waals surface area contributed by atoms with Crippen molar-refractivity contribution < 1.29 is 4.42 Å². The summed E-state index contributed by atoms with van der Waals surface area (Å²) in [6.07, 6.45) is 6.43. The molecule has 1 aromatic heterocycles. The number of nitrogens with zero attached hydrogens (tertiary/aromatic N) is 1. The van der Waals surface area contributed by atoms with E-state index in [0.717, 1.165) is 50.1 Å². The van der Waals surface area contributed by atoms with Crippen LogP contribution in [0.5, 0.6) is 0 Å². The average molecular weight is 874 g/mol. The van der Waals surface area contributed by atoms with Crippen LogP contribution in [-0.4, -0.2) is 0 Å². The van der Waals surface area contributed by atoms with Gasteiger partial charge in [0.2, 0.25) is 0 Å². The van der Waals surface area contributed by atoms with Gasteiger partial charge in [-0.1, -0.05) is 195 Å². The first-order valence-electron chi connectivity index (χ1n) is 24.4. The number of rotatable bonds is 8. The Morgan fingerprint density at radius 2 is 1.04 bits per heavy atom. The summed E-state index contributed by atoms with van der Waals surface area (Å²) in [4.78, 5) is 2.49. The molecule has 0 spiro atoms. The number of hydrogen-bond acceptors (Lipinski definition) is 2. The second-order valence-corrected chi connectivity index (χ2v) is 19.1. The van der Waals surface area contributed by atoms with Crippen molar-refractivity contribution in [1.29, 1.82) is 0 Å². The summed E-state index contributed by atoms with van der Waals surface area (Å²) in [5, 5.41) is 4.95. The average Bonchev–Trinajstić information content (AvgIpc) is 3.91. The van der Waals surface area contributed by atoms with Gasteiger partial charge in [-0.25, -0.2) is 0 Å². The van der Waals surface area contributed by atoms with Crippen molar-refractivity contribution in [1.82, 2.24) is 0 Å². The lowest BCUT2D eigenvalue weighted by atomic mass is 9.74. The van der Waals surface area contributed by atoms with Gasteiger partial charge in [0.05, 0.1) is 11.4 Å². The molecule has 0 radical (unpaired) electrons. The molecule has 2 aliphatic carbocycles. The molecular formula is C66H51NO. The van der Waals surface area contributed by atoms with Crippen LogP contribution >= 0.6 is 0 Å². The molecule has 326 valence electrons. The van der Waals surface area contributed by atoms with Crippen LogP contribution in [0.25, 0.3) is 77.2 Å². The molecule has 13 rings (SSSR count). The molecule has 2 aliphatic rings. The van der Waals surface area contributed by atoms with E-state index in [2.05, 4.69) is 230 Å². The summed E-state index contributed by atoms with van der Waals surface area (Å²) in [5.74, 6) is 0.567. The van der Waals surface area contributed by atoms with Gasteiger partial charge in [-0.15, -0.1) is 0 Å². The lowest BCUT2D eigenvalue weighted by Crippen LogP contribution is -2.22. The molecule has 0 N–H and O–H groups in total. The van der Waals surface area contributed by atoms with E-state index in [1.165, 1.54) is 98.5 Å². The van der Waals surface area contributed by atoms with Crippen LogP contribution in [0.2, 0.25) is 0 Å². The summed E-state index contributed by atoms with van der Waals surface area (Å²) in [7, 11) is 0. The number of para-hydroxylation sites is 3. The molecule has 2 nitrogen and oxygen atoms in total. The smallest absolute Gasteiger partial charge is 0.136 e. The predicted molar refractivity (Wildman–Crippen MR) is 285 cm³/mol. The Morgan fingerprint density at radius 3 is 1.87 bits per heavy atom. The van der Waals surface area contributed by atoms with Crippen molar-refractivity contribution in [3.8, 4) is 44.5 Å². The summed E-state index contributed by atoms with van der Waals surface area (Å²) < 4.78 is 6.49. The first kappa shape index (κ1) is 40.3. The van der Waals surface area contributed by atoms with E-state index in [0.29, 0.717) is 5.92 Å². The van der Waals surface area contributed by atoms with E-state index >= 15 is 0 Å². The van der Waals surface area contributed by atoms with Crippen molar-refractivity contribution in [2.75, 3.05) is 4.90 Å². The molecule has 1 fully saturated rings. The standard InChI is InChI=1S/C66H51NO/c1-66(49-22-6-3-7-23-49)59-30-12-8-25-53(59)54-40-36-47(42-60(54)66)44-34-38-50(39-35-44)67(61-31-13-9-24-51(61)48-37-41-57-56-27-11-15-33-63(56)68-64(57)43-48)62-32-14-10-26-55(62)58-29-17-21-46-20-16-28-52(65(46)58)45-18-4-2-5-19-45/h3,6-17,20-43,45H,2,4-5,18-19H2,1H3. The quantitative estimate of drug-likeness (QED) is 0.151. The second kappa shape index (κ2) is 16.4. The van der Waals surface area contributed by atoms with Crippen LogP contribution < -0.4 is 4.90 Å².